The van der Waals surface area contributed by atoms with Crippen molar-refractivity contribution < 1.29 is 4.74 Å². The topological polar surface area (TPSA) is 57.2 Å². The van der Waals surface area contributed by atoms with Crippen LogP contribution in [0.4, 0.5) is 0 Å². The third-order valence-corrected chi connectivity index (χ3v) is 4.07. The van der Waals surface area contributed by atoms with Gasteiger partial charge >= 0.3 is 0 Å². The van der Waals surface area contributed by atoms with Crippen molar-refractivity contribution in [3.05, 3.63) is 33.7 Å². The Morgan fingerprint density at radius 3 is 3.00 bits per heavy atom. The highest BCUT2D eigenvalue weighted by molar-refractivity contribution is 5.27. The van der Waals surface area contributed by atoms with Gasteiger partial charge in [0, 0.05) is 24.4 Å². The Morgan fingerprint density at radius 1 is 1.33 bits per heavy atom. The lowest BCUT2D eigenvalue weighted by Crippen LogP contribution is -2.32. The van der Waals surface area contributed by atoms with Crippen LogP contribution in [0, 0.1) is 0 Å². The first kappa shape index (κ1) is 11.9. The molecule has 2 atom stereocenters. The van der Waals surface area contributed by atoms with Crippen molar-refractivity contribution in [3.63, 3.8) is 0 Å². The van der Waals surface area contributed by atoms with Crippen LogP contribution in [0.15, 0.2) is 16.9 Å². The van der Waals surface area contributed by atoms with Gasteiger partial charge in [-0.25, -0.2) is 0 Å². The molecule has 2 aliphatic rings. The molecule has 18 heavy (non-hydrogen) atoms. The monoisotopic (exact) mass is 248 g/mol. The van der Waals surface area contributed by atoms with Gasteiger partial charge in [-0.1, -0.05) is 6.07 Å². The molecule has 4 heteroatoms. The molecule has 0 radical (unpaired) electrons. The standard InChI is InChI=1S/C14H20N2O2/c15-12-4-1-5-13-11(12)6-7-14(17)16(13)9-10-3-2-8-18-10/h6-7,10,12H,1-5,8-9,15H2. The Hall–Kier alpha value is -1.13. The largest absolute Gasteiger partial charge is 0.376 e. The Balaban J connectivity index is 1.96. The van der Waals surface area contributed by atoms with Crippen molar-refractivity contribution in [2.45, 2.75) is 50.8 Å². The summed E-state index contributed by atoms with van der Waals surface area (Å²) in [5.74, 6) is 0. The first-order valence-corrected chi connectivity index (χ1v) is 6.85. The lowest BCUT2D eigenvalue weighted by Gasteiger charge is -2.26. The fourth-order valence-corrected chi connectivity index (χ4v) is 3.09. The van der Waals surface area contributed by atoms with Crippen molar-refractivity contribution in [3.8, 4) is 0 Å². The summed E-state index contributed by atoms with van der Waals surface area (Å²) < 4.78 is 7.53. The number of hydrogen-bond donors (Lipinski definition) is 1. The highest BCUT2D eigenvalue weighted by Gasteiger charge is 2.23. The van der Waals surface area contributed by atoms with Gasteiger partial charge in [-0.05, 0) is 37.7 Å². The van der Waals surface area contributed by atoms with Crippen molar-refractivity contribution in [1.29, 1.82) is 0 Å². The van der Waals surface area contributed by atoms with Crippen LogP contribution in [0.3, 0.4) is 0 Å². The first-order valence-electron chi connectivity index (χ1n) is 6.85. The molecule has 1 aromatic rings. The van der Waals surface area contributed by atoms with Gasteiger partial charge in [-0.15, -0.1) is 0 Å². The minimum absolute atomic E-state index is 0.0818. The highest BCUT2D eigenvalue weighted by Crippen LogP contribution is 2.27. The SMILES string of the molecule is NC1CCCc2c1ccc(=O)n2CC1CCCO1. The van der Waals surface area contributed by atoms with Crippen LogP contribution >= 0.6 is 0 Å². The lowest BCUT2D eigenvalue weighted by molar-refractivity contribution is 0.0951. The molecule has 0 amide bonds. The molecule has 2 unspecified atom stereocenters. The minimum Gasteiger partial charge on any atom is -0.376 e. The second-order valence-corrected chi connectivity index (χ2v) is 5.32. The maximum absolute atomic E-state index is 12.1. The van der Waals surface area contributed by atoms with Gasteiger partial charge in [-0.3, -0.25) is 4.79 Å². The molecule has 0 aromatic carbocycles. The zero-order valence-electron chi connectivity index (χ0n) is 10.6. The summed E-state index contributed by atoms with van der Waals surface area (Å²) in [6.45, 7) is 1.52. The van der Waals surface area contributed by atoms with E-state index in [1.807, 2.05) is 10.6 Å². The van der Waals surface area contributed by atoms with Crippen LogP contribution in [0.2, 0.25) is 0 Å². The molecule has 0 bridgehead atoms. The summed E-state index contributed by atoms with van der Waals surface area (Å²) >= 11 is 0. The molecular weight excluding hydrogens is 228 g/mol. The molecule has 1 aliphatic carbocycles. The average Bonchev–Trinajstić information content (AvgIpc) is 2.86. The van der Waals surface area contributed by atoms with Crippen LogP contribution in [-0.2, 0) is 17.7 Å². The van der Waals surface area contributed by atoms with Gasteiger partial charge in [0.2, 0.25) is 0 Å². The van der Waals surface area contributed by atoms with E-state index in [0.29, 0.717) is 6.54 Å². The lowest BCUT2D eigenvalue weighted by atomic mass is 9.91. The fraction of sp³-hybridized carbons (Fsp3) is 0.643. The fourth-order valence-electron chi connectivity index (χ4n) is 3.09. The Morgan fingerprint density at radius 2 is 2.22 bits per heavy atom. The highest BCUT2D eigenvalue weighted by atomic mass is 16.5. The molecule has 0 spiro atoms. The second-order valence-electron chi connectivity index (χ2n) is 5.32. The minimum atomic E-state index is 0.0818. The molecule has 0 saturated carbocycles. The zero-order valence-corrected chi connectivity index (χ0v) is 10.6. The van der Waals surface area contributed by atoms with E-state index >= 15 is 0 Å². The van der Waals surface area contributed by atoms with Crippen molar-refractivity contribution >= 4 is 0 Å². The molecule has 1 saturated heterocycles. The number of ether oxygens (including phenoxy) is 1. The quantitative estimate of drug-likeness (QED) is 0.860. The van der Waals surface area contributed by atoms with Gasteiger partial charge in [-0.2, -0.15) is 0 Å². The van der Waals surface area contributed by atoms with Gasteiger partial charge in [0.05, 0.1) is 12.6 Å². The van der Waals surface area contributed by atoms with Gasteiger partial charge < -0.3 is 15.0 Å². The molecular formula is C14H20N2O2. The molecule has 1 fully saturated rings. The Bertz CT molecular complexity index is 489. The predicted octanol–water partition coefficient (Wildman–Crippen LogP) is 1.36. The van der Waals surface area contributed by atoms with E-state index < -0.39 is 0 Å². The third-order valence-electron chi connectivity index (χ3n) is 4.07. The molecule has 1 aromatic heterocycles. The van der Waals surface area contributed by atoms with Gasteiger partial charge in [0.25, 0.3) is 5.56 Å². The molecule has 4 nitrogen and oxygen atoms in total. The van der Waals surface area contributed by atoms with E-state index in [1.165, 1.54) is 0 Å². The first-order chi connectivity index (χ1) is 8.75. The van der Waals surface area contributed by atoms with Crippen LogP contribution in [0.1, 0.15) is 43.0 Å². The summed E-state index contributed by atoms with van der Waals surface area (Å²) in [5.41, 5.74) is 8.50. The normalized spacial score (nSPS) is 27.2. The maximum Gasteiger partial charge on any atom is 0.250 e. The maximum atomic E-state index is 12.1. The van der Waals surface area contributed by atoms with Crippen LogP contribution in [0.25, 0.3) is 0 Å². The number of fused-ring (bicyclic) bond motifs is 1. The Kier molecular flexibility index (Phi) is 3.22. The van der Waals surface area contributed by atoms with E-state index in [-0.39, 0.29) is 17.7 Å². The van der Waals surface area contributed by atoms with Crippen LogP contribution in [-0.4, -0.2) is 17.3 Å². The van der Waals surface area contributed by atoms with E-state index in [1.54, 1.807) is 6.07 Å². The molecule has 3 rings (SSSR count). The number of rotatable bonds is 2. The number of nitrogens with two attached hydrogens (primary N) is 1. The van der Waals surface area contributed by atoms with Gasteiger partial charge in [0.15, 0.2) is 0 Å². The summed E-state index contributed by atoms with van der Waals surface area (Å²) in [6.07, 6.45) is 5.42. The average molecular weight is 248 g/mol. The van der Waals surface area contributed by atoms with Gasteiger partial charge in [0.1, 0.15) is 0 Å². The molecule has 2 N–H and O–H groups in total. The number of pyridine rings is 1. The number of nitrogens with zero attached hydrogens (tertiary/aromatic N) is 1. The van der Waals surface area contributed by atoms with E-state index in [0.717, 1.165) is 50.0 Å². The summed E-state index contributed by atoms with van der Waals surface area (Å²) in [7, 11) is 0. The smallest absolute Gasteiger partial charge is 0.250 e. The molecule has 98 valence electrons. The van der Waals surface area contributed by atoms with E-state index in [9.17, 15) is 4.79 Å². The van der Waals surface area contributed by atoms with Crippen molar-refractivity contribution in [2.24, 2.45) is 5.73 Å². The second kappa shape index (κ2) is 4.86. The zero-order chi connectivity index (χ0) is 12.5. The predicted molar refractivity (Wildman–Crippen MR) is 69.5 cm³/mol. The molecule has 2 heterocycles. The Labute approximate surface area is 107 Å². The number of aromatic nitrogens is 1. The van der Waals surface area contributed by atoms with Crippen molar-refractivity contribution in [1.82, 2.24) is 4.57 Å². The summed E-state index contributed by atoms with van der Waals surface area (Å²) in [6, 6.07) is 3.65. The third kappa shape index (κ3) is 2.10. The summed E-state index contributed by atoms with van der Waals surface area (Å²) in [5, 5.41) is 0. The van der Waals surface area contributed by atoms with E-state index in [4.69, 9.17) is 10.5 Å². The van der Waals surface area contributed by atoms with Crippen molar-refractivity contribution in [2.75, 3.05) is 6.61 Å². The van der Waals surface area contributed by atoms with Crippen LogP contribution < -0.4 is 11.3 Å². The van der Waals surface area contributed by atoms with Crippen LogP contribution in [0.5, 0.6) is 0 Å². The number of hydrogen-bond acceptors (Lipinski definition) is 3. The molecule has 1 aliphatic heterocycles. The van der Waals surface area contributed by atoms with E-state index in [2.05, 4.69) is 0 Å². The summed E-state index contributed by atoms with van der Waals surface area (Å²) in [4.78, 5) is 12.1.